The van der Waals surface area contributed by atoms with Crippen LogP contribution in [0.3, 0.4) is 0 Å². The summed E-state index contributed by atoms with van der Waals surface area (Å²) in [5, 5.41) is 11.9. The SMILES string of the molecule is Cc1cc2nc(N3CC[C@@H]4CCCC[C@@H]4C3)sc2c(-c2ccc(Cl)cc2)c1[C@H](OC(C)(C)C)C(=O)O. The fourth-order valence-electron chi connectivity index (χ4n) is 5.94. The summed E-state index contributed by atoms with van der Waals surface area (Å²) in [7, 11) is 0. The zero-order valence-corrected chi connectivity index (χ0v) is 23.1. The van der Waals surface area contributed by atoms with Crippen molar-refractivity contribution in [2.45, 2.75) is 71.5 Å². The van der Waals surface area contributed by atoms with Gasteiger partial charge in [0.1, 0.15) is 0 Å². The number of carbonyl (C=O) groups is 1. The number of aromatic nitrogens is 1. The number of hydrogen-bond acceptors (Lipinski definition) is 5. The van der Waals surface area contributed by atoms with Gasteiger partial charge < -0.3 is 14.7 Å². The first-order chi connectivity index (χ1) is 17.1. The van der Waals surface area contributed by atoms with E-state index in [9.17, 15) is 9.90 Å². The van der Waals surface area contributed by atoms with Gasteiger partial charge in [-0.2, -0.15) is 0 Å². The predicted octanol–water partition coefficient (Wildman–Crippen LogP) is 7.88. The van der Waals surface area contributed by atoms with Crippen molar-refractivity contribution in [2.24, 2.45) is 11.8 Å². The van der Waals surface area contributed by atoms with Gasteiger partial charge in [-0.3, -0.25) is 0 Å². The summed E-state index contributed by atoms with van der Waals surface area (Å²) in [6.07, 6.45) is 5.53. The van der Waals surface area contributed by atoms with Crippen molar-refractivity contribution >= 4 is 44.3 Å². The number of thiazole rings is 1. The molecular formula is C29H35ClN2O3S. The predicted molar refractivity (Wildman–Crippen MR) is 148 cm³/mol. The average Bonchev–Trinajstić information content (AvgIpc) is 3.25. The first kappa shape index (κ1) is 25.5. The monoisotopic (exact) mass is 526 g/mol. The van der Waals surface area contributed by atoms with E-state index in [1.54, 1.807) is 11.3 Å². The van der Waals surface area contributed by atoms with Crippen LogP contribution in [0.4, 0.5) is 5.13 Å². The van der Waals surface area contributed by atoms with Crippen LogP contribution in [0, 0.1) is 18.8 Å². The van der Waals surface area contributed by atoms with E-state index in [1.165, 1.54) is 32.1 Å². The molecule has 0 unspecified atom stereocenters. The van der Waals surface area contributed by atoms with Gasteiger partial charge in [0.2, 0.25) is 0 Å². The van der Waals surface area contributed by atoms with Gasteiger partial charge in [0, 0.05) is 29.2 Å². The number of rotatable bonds is 5. The Bertz CT molecular complexity index is 1260. The Kier molecular flexibility index (Phi) is 7.05. The Morgan fingerprint density at radius 1 is 1.17 bits per heavy atom. The highest BCUT2D eigenvalue weighted by atomic mass is 35.5. The summed E-state index contributed by atoms with van der Waals surface area (Å²) < 4.78 is 7.13. The third-order valence-electron chi connectivity index (χ3n) is 7.57. The second-order valence-electron chi connectivity index (χ2n) is 11.3. The number of anilines is 1. The molecule has 2 aromatic carbocycles. The van der Waals surface area contributed by atoms with E-state index < -0.39 is 17.7 Å². The van der Waals surface area contributed by atoms with Gasteiger partial charge in [-0.05, 0) is 81.7 Å². The number of piperidine rings is 1. The molecule has 0 spiro atoms. The molecule has 2 aliphatic rings. The van der Waals surface area contributed by atoms with Crippen LogP contribution in [-0.2, 0) is 9.53 Å². The van der Waals surface area contributed by atoms with Crippen LogP contribution in [0.15, 0.2) is 30.3 Å². The van der Waals surface area contributed by atoms with Crippen molar-refractivity contribution in [2.75, 3.05) is 18.0 Å². The first-order valence-electron chi connectivity index (χ1n) is 13.0. The fourth-order valence-corrected chi connectivity index (χ4v) is 7.22. The number of ether oxygens (including phenoxy) is 1. The second kappa shape index (κ2) is 9.96. The molecule has 1 saturated carbocycles. The molecule has 0 amide bonds. The maximum absolute atomic E-state index is 12.5. The Morgan fingerprint density at radius 3 is 2.53 bits per heavy atom. The third-order valence-corrected chi connectivity index (χ3v) is 8.97. The number of nitrogens with zero attached hydrogens (tertiary/aromatic N) is 2. The van der Waals surface area contributed by atoms with Gasteiger partial charge in [-0.1, -0.05) is 54.3 Å². The van der Waals surface area contributed by atoms with Crippen LogP contribution in [-0.4, -0.2) is 34.8 Å². The summed E-state index contributed by atoms with van der Waals surface area (Å²) in [6, 6.07) is 9.65. The van der Waals surface area contributed by atoms with E-state index in [-0.39, 0.29) is 0 Å². The molecule has 2 heterocycles. The van der Waals surface area contributed by atoms with Crippen LogP contribution >= 0.6 is 22.9 Å². The quantitative estimate of drug-likeness (QED) is 0.366. The molecule has 3 atom stereocenters. The summed E-state index contributed by atoms with van der Waals surface area (Å²) in [5.74, 6) is 0.615. The van der Waals surface area contributed by atoms with Crippen LogP contribution in [0.25, 0.3) is 21.3 Å². The smallest absolute Gasteiger partial charge is 0.337 e. The van der Waals surface area contributed by atoms with Crippen LogP contribution in [0.2, 0.25) is 5.02 Å². The number of aliphatic carboxylic acids is 1. The van der Waals surface area contributed by atoms with Crippen LogP contribution in [0.5, 0.6) is 0 Å². The number of carboxylic acids is 1. The summed E-state index contributed by atoms with van der Waals surface area (Å²) in [5.41, 5.74) is 3.65. The van der Waals surface area contributed by atoms with Gasteiger partial charge in [-0.25, -0.2) is 9.78 Å². The second-order valence-corrected chi connectivity index (χ2v) is 12.7. The molecular weight excluding hydrogens is 492 g/mol. The molecule has 1 saturated heterocycles. The number of hydrogen-bond donors (Lipinski definition) is 1. The largest absolute Gasteiger partial charge is 0.479 e. The molecule has 36 heavy (non-hydrogen) atoms. The van der Waals surface area contributed by atoms with Crippen molar-refractivity contribution in [3.63, 3.8) is 0 Å². The highest BCUT2D eigenvalue weighted by Gasteiger charge is 2.34. The van der Waals surface area contributed by atoms with E-state index in [4.69, 9.17) is 21.3 Å². The summed E-state index contributed by atoms with van der Waals surface area (Å²) >= 11 is 7.89. The highest BCUT2D eigenvalue weighted by molar-refractivity contribution is 7.22. The lowest BCUT2D eigenvalue weighted by Crippen LogP contribution is -2.41. The van der Waals surface area contributed by atoms with Gasteiger partial charge >= 0.3 is 5.97 Å². The molecule has 5 rings (SSSR count). The standard InChI is InChI=1S/C29H35ClN2O3S/c1-17-15-22-26(36-28(31-22)32-14-13-18-7-5-6-8-20(18)16-32)24(19-9-11-21(30)12-10-19)23(17)25(27(33)34)35-29(2,3)4/h9-12,15,18,20,25H,5-8,13-14,16H2,1-4H3,(H,33,34)/t18-,20+,25-/m0/s1. The van der Waals surface area contributed by atoms with Crippen LogP contribution in [0.1, 0.15) is 70.1 Å². The minimum atomic E-state index is -1.09. The van der Waals surface area contributed by atoms with E-state index in [1.807, 2.05) is 58.0 Å². The van der Waals surface area contributed by atoms with Crippen molar-refractivity contribution in [1.82, 2.24) is 4.98 Å². The Balaban J connectivity index is 1.65. The minimum Gasteiger partial charge on any atom is -0.479 e. The molecule has 1 N–H and O–H groups in total. The number of carboxylic acid groups (broad SMARTS) is 1. The maximum Gasteiger partial charge on any atom is 0.337 e. The van der Waals surface area contributed by atoms with E-state index in [0.29, 0.717) is 10.6 Å². The van der Waals surface area contributed by atoms with Gasteiger partial charge in [-0.15, -0.1) is 0 Å². The summed E-state index contributed by atoms with van der Waals surface area (Å²) in [6.45, 7) is 9.73. The number of halogens is 1. The molecule has 192 valence electrons. The van der Waals surface area contributed by atoms with E-state index in [2.05, 4.69) is 4.90 Å². The summed E-state index contributed by atoms with van der Waals surface area (Å²) in [4.78, 5) is 20.1. The minimum absolute atomic E-state index is 0.620. The van der Waals surface area contributed by atoms with Crippen molar-refractivity contribution < 1.29 is 14.6 Å². The van der Waals surface area contributed by atoms with Gasteiger partial charge in [0.05, 0.1) is 15.8 Å². The molecule has 1 aliphatic carbocycles. The third kappa shape index (κ3) is 5.13. The number of aryl methyl sites for hydroxylation is 1. The Hall–Kier alpha value is -2.15. The molecule has 0 radical (unpaired) electrons. The Labute approximate surface area is 222 Å². The zero-order valence-electron chi connectivity index (χ0n) is 21.5. The van der Waals surface area contributed by atoms with Crippen LogP contribution < -0.4 is 4.90 Å². The number of benzene rings is 2. The highest BCUT2D eigenvalue weighted by Crippen LogP contribution is 2.45. The lowest BCUT2D eigenvalue weighted by molar-refractivity contribution is -0.160. The molecule has 0 bridgehead atoms. The zero-order chi connectivity index (χ0) is 25.6. The fraction of sp³-hybridized carbons (Fsp3) is 0.517. The molecule has 5 nitrogen and oxygen atoms in total. The maximum atomic E-state index is 12.5. The Morgan fingerprint density at radius 2 is 1.86 bits per heavy atom. The van der Waals surface area contributed by atoms with Gasteiger partial charge in [0.15, 0.2) is 11.2 Å². The molecule has 3 aromatic rings. The van der Waals surface area contributed by atoms with E-state index in [0.717, 1.165) is 57.0 Å². The topological polar surface area (TPSA) is 62.7 Å². The molecule has 1 aromatic heterocycles. The normalized spacial score (nSPS) is 21.4. The lowest BCUT2D eigenvalue weighted by Gasteiger charge is -2.41. The molecule has 1 aliphatic heterocycles. The molecule has 2 fully saturated rings. The van der Waals surface area contributed by atoms with E-state index >= 15 is 0 Å². The average molecular weight is 527 g/mol. The van der Waals surface area contributed by atoms with Crippen molar-refractivity contribution in [3.8, 4) is 11.1 Å². The van der Waals surface area contributed by atoms with Crippen molar-refractivity contribution in [1.29, 1.82) is 0 Å². The lowest BCUT2D eigenvalue weighted by atomic mass is 9.75. The van der Waals surface area contributed by atoms with Crippen molar-refractivity contribution in [3.05, 3.63) is 46.5 Å². The number of fused-ring (bicyclic) bond motifs is 2. The molecule has 7 heteroatoms. The first-order valence-corrected chi connectivity index (χ1v) is 14.2. The van der Waals surface area contributed by atoms with Gasteiger partial charge in [0.25, 0.3) is 0 Å².